The molecule has 0 saturated carbocycles. The third-order valence-electron chi connectivity index (χ3n) is 2.93. The van der Waals surface area contributed by atoms with Gasteiger partial charge in [0.05, 0.1) is 6.61 Å². The molecule has 0 aliphatic heterocycles. The second kappa shape index (κ2) is 3.61. The van der Waals surface area contributed by atoms with E-state index < -0.39 is 0 Å². The number of aliphatic hydroxyl groups is 1. The predicted octanol–water partition coefficient (Wildman–Crippen LogP) is 2.75. The fourth-order valence-corrected chi connectivity index (χ4v) is 1.82. The molecule has 0 aromatic carbocycles. The van der Waals surface area contributed by atoms with Gasteiger partial charge in [-0.3, -0.25) is 0 Å². The van der Waals surface area contributed by atoms with Crippen LogP contribution in [0.2, 0.25) is 0 Å². The van der Waals surface area contributed by atoms with Crippen LogP contribution in [-0.2, 0) is 0 Å². The van der Waals surface area contributed by atoms with Gasteiger partial charge in [0.25, 0.3) is 0 Å². The van der Waals surface area contributed by atoms with E-state index in [-0.39, 0.29) is 6.61 Å². The number of hydrogen-bond donors (Lipinski definition) is 1. The molecule has 1 unspecified atom stereocenters. The summed E-state index contributed by atoms with van der Waals surface area (Å²) in [6, 6.07) is 0. The summed E-state index contributed by atoms with van der Waals surface area (Å²) in [4.78, 5) is 0. The fourth-order valence-electron chi connectivity index (χ4n) is 1.82. The van der Waals surface area contributed by atoms with Gasteiger partial charge in [-0.05, 0) is 36.2 Å². The zero-order chi connectivity index (χ0) is 9.19. The molecule has 0 radical (unpaired) electrons. The lowest BCUT2D eigenvalue weighted by atomic mass is 9.73. The van der Waals surface area contributed by atoms with Gasteiger partial charge in [0.1, 0.15) is 0 Å². The molecule has 0 heterocycles. The van der Waals surface area contributed by atoms with Crippen molar-refractivity contribution in [2.24, 2.45) is 11.3 Å². The van der Waals surface area contributed by atoms with E-state index in [0.717, 1.165) is 18.8 Å². The Morgan fingerprint density at radius 2 is 2.17 bits per heavy atom. The lowest BCUT2D eigenvalue weighted by Crippen LogP contribution is -2.22. The number of aliphatic hydroxyl groups excluding tert-OH is 1. The SMILES string of the molecule is CC(C)(C)C1CC=C(CO)CC1. The van der Waals surface area contributed by atoms with Crippen molar-refractivity contribution in [2.75, 3.05) is 6.61 Å². The Balaban J connectivity index is 2.52. The van der Waals surface area contributed by atoms with E-state index in [4.69, 9.17) is 5.11 Å². The first kappa shape index (κ1) is 9.79. The van der Waals surface area contributed by atoms with Crippen molar-refractivity contribution in [3.63, 3.8) is 0 Å². The molecule has 70 valence electrons. The highest BCUT2D eigenvalue weighted by Crippen LogP contribution is 2.36. The largest absolute Gasteiger partial charge is 0.392 e. The molecule has 0 fully saturated rings. The summed E-state index contributed by atoms with van der Waals surface area (Å²) in [6.45, 7) is 7.16. The first-order valence-electron chi connectivity index (χ1n) is 4.83. The highest BCUT2D eigenvalue weighted by atomic mass is 16.3. The van der Waals surface area contributed by atoms with Crippen LogP contribution >= 0.6 is 0 Å². The van der Waals surface area contributed by atoms with Gasteiger partial charge < -0.3 is 5.11 Å². The van der Waals surface area contributed by atoms with Gasteiger partial charge in [-0.15, -0.1) is 0 Å². The van der Waals surface area contributed by atoms with Crippen molar-refractivity contribution in [2.45, 2.75) is 40.0 Å². The third-order valence-corrected chi connectivity index (χ3v) is 2.93. The minimum atomic E-state index is 0.261. The van der Waals surface area contributed by atoms with Gasteiger partial charge in [-0.25, -0.2) is 0 Å². The third kappa shape index (κ3) is 2.34. The molecular weight excluding hydrogens is 148 g/mol. The van der Waals surface area contributed by atoms with E-state index >= 15 is 0 Å². The Kier molecular flexibility index (Phi) is 2.94. The summed E-state index contributed by atoms with van der Waals surface area (Å²) in [6.07, 6.45) is 5.72. The van der Waals surface area contributed by atoms with Crippen LogP contribution in [0.15, 0.2) is 11.6 Å². The van der Waals surface area contributed by atoms with Gasteiger partial charge in [0, 0.05) is 0 Å². The van der Waals surface area contributed by atoms with Gasteiger partial charge in [0.15, 0.2) is 0 Å². The molecule has 1 rings (SSSR count). The van der Waals surface area contributed by atoms with Crippen molar-refractivity contribution >= 4 is 0 Å². The van der Waals surface area contributed by atoms with Crippen molar-refractivity contribution in [1.29, 1.82) is 0 Å². The standard InChI is InChI=1S/C11H20O/c1-11(2,3)10-6-4-9(8-12)5-7-10/h4,10,12H,5-8H2,1-3H3. The normalized spacial score (nSPS) is 25.3. The predicted molar refractivity (Wildman–Crippen MR) is 52.0 cm³/mol. The smallest absolute Gasteiger partial charge is 0.0641 e. The van der Waals surface area contributed by atoms with Crippen LogP contribution < -0.4 is 0 Å². The maximum absolute atomic E-state index is 8.91. The van der Waals surface area contributed by atoms with Crippen LogP contribution in [0.4, 0.5) is 0 Å². The van der Waals surface area contributed by atoms with Crippen molar-refractivity contribution < 1.29 is 5.11 Å². The van der Waals surface area contributed by atoms with Gasteiger partial charge in [-0.2, -0.15) is 0 Å². The molecule has 0 amide bonds. The highest BCUT2D eigenvalue weighted by Gasteiger charge is 2.25. The Labute approximate surface area is 75.5 Å². The van der Waals surface area contributed by atoms with Gasteiger partial charge >= 0.3 is 0 Å². The van der Waals surface area contributed by atoms with E-state index in [2.05, 4.69) is 26.8 Å². The Hall–Kier alpha value is -0.300. The summed E-state index contributed by atoms with van der Waals surface area (Å²) in [5.41, 5.74) is 1.66. The molecule has 1 N–H and O–H groups in total. The molecule has 1 atom stereocenters. The summed E-state index contributed by atoms with van der Waals surface area (Å²) in [5, 5.41) is 8.91. The number of hydrogen-bond acceptors (Lipinski definition) is 1. The van der Waals surface area contributed by atoms with Crippen LogP contribution in [0.3, 0.4) is 0 Å². The van der Waals surface area contributed by atoms with Gasteiger partial charge in [0.2, 0.25) is 0 Å². The van der Waals surface area contributed by atoms with E-state index in [0.29, 0.717) is 5.41 Å². The molecule has 1 heteroatoms. The van der Waals surface area contributed by atoms with E-state index in [1.54, 1.807) is 0 Å². The highest BCUT2D eigenvalue weighted by molar-refractivity contribution is 5.07. The first-order chi connectivity index (χ1) is 5.54. The maximum Gasteiger partial charge on any atom is 0.0641 e. The molecule has 0 aromatic rings. The molecule has 1 aliphatic rings. The summed E-state index contributed by atoms with van der Waals surface area (Å²) in [7, 11) is 0. The monoisotopic (exact) mass is 168 g/mol. The first-order valence-corrected chi connectivity index (χ1v) is 4.83. The fraction of sp³-hybridized carbons (Fsp3) is 0.818. The Morgan fingerprint density at radius 1 is 1.50 bits per heavy atom. The van der Waals surface area contributed by atoms with Crippen molar-refractivity contribution in [1.82, 2.24) is 0 Å². The number of rotatable bonds is 1. The zero-order valence-corrected chi connectivity index (χ0v) is 8.43. The molecule has 1 aliphatic carbocycles. The minimum Gasteiger partial charge on any atom is -0.392 e. The lowest BCUT2D eigenvalue weighted by Gasteiger charge is -2.33. The molecule has 1 nitrogen and oxygen atoms in total. The zero-order valence-electron chi connectivity index (χ0n) is 8.43. The van der Waals surface area contributed by atoms with Crippen molar-refractivity contribution in [3.8, 4) is 0 Å². The minimum absolute atomic E-state index is 0.261. The topological polar surface area (TPSA) is 20.2 Å². The Morgan fingerprint density at radius 3 is 2.50 bits per heavy atom. The summed E-state index contributed by atoms with van der Waals surface area (Å²) >= 11 is 0. The second-order valence-corrected chi connectivity index (χ2v) is 4.86. The molecule has 12 heavy (non-hydrogen) atoms. The maximum atomic E-state index is 8.91. The molecular formula is C11H20O. The van der Waals surface area contributed by atoms with Crippen LogP contribution in [0.5, 0.6) is 0 Å². The lowest BCUT2D eigenvalue weighted by molar-refractivity contribution is 0.214. The summed E-state index contributed by atoms with van der Waals surface area (Å²) < 4.78 is 0. The van der Waals surface area contributed by atoms with Crippen LogP contribution in [0.25, 0.3) is 0 Å². The molecule has 0 spiro atoms. The molecule has 0 saturated heterocycles. The van der Waals surface area contributed by atoms with Crippen LogP contribution in [0.1, 0.15) is 40.0 Å². The summed E-state index contributed by atoms with van der Waals surface area (Å²) in [5.74, 6) is 0.799. The average molecular weight is 168 g/mol. The second-order valence-electron chi connectivity index (χ2n) is 4.86. The van der Waals surface area contributed by atoms with Gasteiger partial charge in [-0.1, -0.05) is 26.8 Å². The molecule has 0 bridgehead atoms. The molecule has 0 aromatic heterocycles. The quantitative estimate of drug-likeness (QED) is 0.597. The Bertz CT molecular complexity index is 174. The number of allylic oxidation sites excluding steroid dienone is 1. The van der Waals surface area contributed by atoms with E-state index in [1.807, 2.05) is 0 Å². The van der Waals surface area contributed by atoms with E-state index in [9.17, 15) is 0 Å². The van der Waals surface area contributed by atoms with E-state index in [1.165, 1.54) is 12.0 Å². The van der Waals surface area contributed by atoms with Crippen LogP contribution in [-0.4, -0.2) is 11.7 Å². The average Bonchev–Trinajstić information content (AvgIpc) is 2.03. The van der Waals surface area contributed by atoms with Crippen molar-refractivity contribution in [3.05, 3.63) is 11.6 Å². The van der Waals surface area contributed by atoms with Crippen LogP contribution in [0, 0.1) is 11.3 Å².